The molecule has 0 N–H and O–H groups in total. The molecule has 1 aromatic carbocycles. The molecule has 0 atom stereocenters. The SMILES string of the molecule is CN1C(=O)SC(=Cc2ccc(Sc3ccc(Cl)cc3)s2)C1=O. The summed E-state index contributed by atoms with van der Waals surface area (Å²) in [5.74, 6) is -0.240. The topological polar surface area (TPSA) is 37.4 Å². The van der Waals surface area contributed by atoms with Crippen LogP contribution in [0.2, 0.25) is 5.02 Å². The second kappa shape index (κ2) is 6.50. The largest absolute Gasteiger partial charge is 0.293 e. The zero-order chi connectivity index (χ0) is 15.7. The van der Waals surface area contributed by atoms with E-state index in [0.717, 1.165) is 30.6 Å². The number of amides is 2. The van der Waals surface area contributed by atoms with Gasteiger partial charge in [0.15, 0.2) is 0 Å². The van der Waals surface area contributed by atoms with E-state index in [1.54, 1.807) is 29.2 Å². The van der Waals surface area contributed by atoms with E-state index in [-0.39, 0.29) is 11.1 Å². The van der Waals surface area contributed by atoms with Gasteiger partial charge in [-0.2, -0.15) is 0 Å². The van der Waals surface area contributed by atoms with E-state index in [1.807, 2.05) is 36.4 Å². The predicted molar refractivity (Wildman–Crippen MR) is 93.6 cm³/mol. The van der Waals surface area contributed by atoms with Crippen LogP contribution < -0.4 is 0 Å². The van der Waals surface area contributed by atoms with Crippen LogP contribution in [0.15, 0.2) is 50.4 Å². The van der Waals surface area contributed by atoms with Crippen molar-refractivity contribution in [3.63, 3.8) is 0 Å². The fourth-order valence-electron chi connectivity index (χ4n) is 1.76. The highest BCUT2D eigenvalue weighted by atomic mass is 35.5. The Hall–Kier alpha value is -1.21. The summed E-state index contributed by atoms with van der Waals surface area (Å²) in [6, 6.07) is 11.6. The number of nitrogens with zero attached hydrogens (tertiary/aromatic N) is 1. The number of imide groups is 1. The monoisotopic (exact) mass is 367 g/mol. The van der Waals surface area contributed by atoms with Crippen LogP contribution in [0, 0.1) is 0 Å². The number of hydrogen-bond acceptors (Lipinski definition) is 5. The molecule has 0 spiro atoms. The van der Waals surface area contributed by atoms with Crippen molar-refractivity contribution in [2.24, 2.45) is 0 Å². The summed E-state index contributed by atoms with van der Waals surface area (Å²) in [5.41, 5.74) is 0. The van der Waals surface area contributed by atoms with Crippen LogP contribution in [0.5, 0.6) is 0 Å². The van der Waals surface area contributed by atoms with Gasteiger partial charge in [0.1, 0.15) is 0 Å². The minimum absolute atomic E-state index is 0.233. The molecule has 1 fully saturated rings. The van der Waals surface area contributed by atoms with E-state index in [2.05, 4.69) is 0 Å². The minimum atomic E-state index is -0.240. The van der Waals surface area contributed by atoms with E-state index in [4.69, 9.17) is 11.6 Å². The van der Waals surface area contributed by atoms with E-state index in [1.165, 1.54) is 7.05 Å². The number of thiophene rings is 1. The maximum Gasteiger partial charge on any atom is 0.293 e. The van der Waals surface area contributed by atoms with Crippen LogP contribution >= 0.6 is 46.5 Å². The van der Waals surface area contributed by atoms with Gasteiger partial charge in [-0.3, -0.25) is 14.5 Å². The Labute approximate surface area is 145 Å². The fraction of sp³-hybridized carbons (Fsp3) is 0.0667. The van der Waals surface area contributed by atoms with Crippen LogP contribution in [-0.4, -0.2) is 23.1 Å². The smallest absolute Gasteiger partial charge is 0.272 e. The first-order valence-corrected chi connectivity index (χ1v) is 9.10. The summed E-state index contributed by atoms with van der Waals surface area (Å²) in [7, 11) is 1.49. The van der Waals surface area contributed by atoms with E-state index >= 15 is 0 Å². The highest BCUT2D eigenvalue weighted by Gasteiger charge is 2.31. The van der Waals surface area contributed by atoms with Crippen LogP contribution in [0.4, 0.5) is 4.79 Å². The van der Waals surface area contributed by atoms with Crippen molar-refractivity contribution in [1.29, 1.82) is 0 Å². The average molecular weight is 368 g/mol. The molecule has 22 heavy (non-hydrogen) atoms. The Bertz CT molecular complexity index is 767. The van der Waals surface area contributed by atoms with Crippen molar-refractivity contribution in [2.75, 3.05) is 7.05 Å². The fourth-order valence-corrected chi connectivity index (χ4v) is 4.84. The normalized spacial score (nSPS) is 16.8. The molecule has 1 aliphatic rings. The van der Waals surface area contributed by atoms with Gasteiger partial charge >= 0.3 is 0 Å². The number of carbonyl (C=O) groups excluding carboxylic acids is 2. The Kier molecular flexibility index (Phi) is 4.63. The summed E-state index contributed by atoms with van der Waals surface area (Å²) in [5, 5.41) is 0.482. The van der Waals surface area contributed by atoms with Crippen LogP contribution in [-0.2, 0) is 4.79 Å². The molecule has 0 bridgehead atoms. The quantitative estimate of drug-likeness (QED) is 0.697. The number of likely N-dealkylation sites (N-methyl/N-ethyl adjacent to an activating group) is 1. The first kappa shape index (κ1) is 15.7. The summed E-state index contributed by atoms with van der Waals surface area (Å²) >= 11 is 10.1. The lowest BCUT2D eigenvalue weighted by molar-refractivity contribution is -0.121. The third kappa shape index (κ3) is 3.41. The highest BCUT2D eigenvalue weighted by Crippen LogP contribution is 2.37. The van der Waals surface area contributed by atoms with Gasteiger partial charge in [0.25, 0.3) is 11.1 Å². The molecule has 0 radical (unpaired) electrons. The molecule has 2 aromatic rings. The highest BCUT2D eigenvalue weighted by molar-refractivity contribution is 8.18. The molecule has 0 unspecified atom stereocenters. The van der Waals surface area contributed by atoms with Crippen molar-refractivity contribution in [3.8, 4) is 0 Å². The number of carbonyl (C=O) groups is 2. The Morgan fingerprint density at radius 3 is 2.50 bits per heavy atom. The maximum atomic E-state index is 11.9. The van der Waals surface area contributed by atoms with Gasteiger partial charge in [0, 0.05) is 21.8 Å². The van der Waals surface area contributed by atoms with Crippen molar-refractivity contribution < 1.29 is 9.59 Å². The van der Waals surface area contributed by atoms with Crippen LogP contribution in [0.3, 0.4) is 0 Å². The van der Waals surface area contributed by atoms with E-state index in [9.17, 15) is 9.59 Å². The summed E-state index contributed by atoms with van der Waals surface area (Å²) in [6.45, 7) is 0. The molecule has 112 valence electrons. The molecule has 1 aliphatic heterocycles. The molecule has 0 aliphatic carbocycles. The molecule has 0 saturated carbocycles. The third-order valence-electron chi connectivity index (χ3n) is 2.89. The summed E-state index contributed by atoms with van der Waals surface area (Å²) in [4.78, 5) is 27.0. The van der Waals surface area contributed by atoms with E-state index in [0.29, 0.717) is 9.93 Å². The van der Waals surface area contributed by atoms with Crippen molar-refractivity contribution in [1.82, 2.24) is 4.90 Å². The van der Waals surface area contributed by atoms with Gasteiger partial charge in [0.2, 0.25) is 0 Å². The standard InChI is InChI=1S/C15H10ClNO2S3/c1-17-14(18)12(22-15(17)19)8-11-6-7-13(21-11)20-10-4-2-9(16)3-5-10/h2-8H,1H3. The van der Waals surface area contributed by atoms with Crippen LogP contribution in [0.1, 0.15) is 4.88 Å². The lowest BCUT2D eigenvalue weighted by atomic mass is 10.4. The molecular weight excluding hydrogens is 358 g/mol. The van der Waals surface area contributed by atoms with Gasteiger partial charge in [-0.1, -0.05) is 23.4 Å². The van der Waals surface area contributed by atoms with Gasteiger partial charge < -0.3 is 0 Å². The zero-order valence-electron chi connectivity index (χ0n) is 11.4. The maximum absolute atomic E-state index is 11.9. The van der Waals surface area contributed by atoms with Gasteiger partial charge in [-0.25, -0.2) is 0 Å². The first-order chi connectivity index (χ1) is 10.5. The summed E-state index contributed by atoms with van der Waals surface area (Å²) < 4.78 is 1.12. The second-order valence-corrected chi connectivity index (χ2v) is 8.37. The lowest BCUT2D eigenvalue weighted by Gasteiger charge is -2.00. The third-order valence-corrected chi connectivity index (χ3v) is 6.28. The second-order valence-electron chi connectivity index (χ2n) is 4.45. The number of benzene rings is 1. The summed E-state index contributed by atoms with van der Waals surface area (Å²) in [6.07, 6.45) is 1.77. The molecule has 2 heterocycles. The number of hydrogen-bond donors (Lipinski definition) is 0. The Balaban J connectivity index is 1.75. The molecule has 7 heteroatoms. The van der Waals surface area contributed by atoms with Crippen molar-refractivity contribution in [2.45, 2.75) is 9.10 Å². The van der Waals surface area contributed by atoms with Gasteiger partial charge in [-0.15, -0.1) is 11.3 Å². The van der Waals surface area contributed by atoms with Gasteiger partial charge in [0.05, 0.1) is 9.11 Å². The molecule has 2 amide bonds. The minimum Gasteiger partial charge on any atom is -0.272 e. The predicted octanol–water partition coefficient (Wildman–Crippen LogP) is 5.22. The molecule has 1 aromatic heterocycles. The number of thioether (sulfide) groups is 1. The lowest BCUT2D eigenvalue weighted by Crippen LogP contribution is -2.22. The Morgan fingerprint density at radius 2 is 1.86 bits per heavy atom. The average Bonchev–Trinajstić information content (AvgIpc) is 3.03. The molecule has 3 rings (SSSR count). The van der Waals surface area contributed by atoms with Crippen LogP contribution in [0.25, 0.3) is 6.08 Å². The van der Waals surface area contributed by atoms with Crippen molar-refractivity contribution in [3.05, 3.63) is 51.2 Å². The Morgan fingerprint density at radius 1 is 1.14 bits per heavy atom. The molecule has 3 nitrogen and oxygen atoms in total. The molecule has 1 saturated heterocycles. The van der Waals surface area contributed by atoms with Gasteiger partial charge in [-0.05, 0) is 54.2 Å². The molecular formula is C15H10ClNO2S3. The van der Waals surface area contributed by atoms with Crippen molar-refractivity contribution >= 4 is 63.7 Å². The number of rotatable bonds is 3. The van der Waals surface area contributed by atoms with E-state index < -0.39 is 0 Å². The first-order valence-electron chi connectivity index (χ1n) is 6.28. The number of halogens is 1. The zero-order valence-corrected chi connectivity index (χ0v) is 14.6.